The smallest absolute Gasteiger partial charge is 0.142 e. The number of carbonyl (C=O) groups is 1. The molecule has 76 valence electrons. The van der Waals surface area contributed by atoms with E-state index in [1.807, 2.05) is 13.8 Å². The van der Waals surface area contributed by atoms with E-state index >= 15 is 0 Å². The van der Waals surface area contributed by atoms with Crippen molar-refractivity contribution >= 4 is 5.78 Å². The van der Waals surface area contributed by atoms with Crippen molar-refractivity contribution in [3.63, 3.8) is 0 Å². The van der Waals surface area contributed by atoms with Gasteiger partial charge in [0.15, 0.2) is 0 Å². The molecule has 0 unspecified atom stereocenters. The van der Waals surface area contributed by atoms with Crippen LogP contribution < -0.4 is 5.73 Å². The van der Waals surface area contributed by atoms with Crippen LogP contribution in [0, 0.1) is 11.3 Å². The Kier molecular flexibility index (Phi) is 3.48. The molecule has 0 aromatic heterocycles. The first-order chi connectivity index (χ1) is 6.08. The van der Waals surface area contributed by atoms with E-state index < -0.39 is 0 Å². The van der Waals surface area contributed by atoms with Crippen LogP contribution in [0.5, 0.6) is 0 Å². The monoisotopic (exact) mass is 183 g/mol. The molecule has 13 heavy (non-hydrogen) atoms. The van der Waals surface area contributed by atoms with E-state index in [4.69, 9.17) is 5.73 Å². The highest BCUT2D eigenvalue weighted by molar-refractivity contribution is 5.86. The molecule has 0 radical (unpaired) electrons. The van der Waals surface area contributed by atoms with Crippen LogP contribution >= 0.6 is 0 Å². The molecule has 0 heterocycles. The maximum absolute atomic E-state index is 12.0. The summed E-state index contributed by atoms with van der Waals surface area (Å²) in [5.74, 6) is 0.682. The number of Topliss-reactive ketones (excluding diaryl/α,β-unsaturated/α-hetero) is 1. The molecular weight excluding hydrogens is 162 g/mol. The van der Waals surface area contributed by atoms with Crippen molar-refractivity contribution in [1.82, 2.24) is 0 Å². The Morgan fingerprint density at radius 1 is 1.31 bits per heavy atom. The average molecular weight is 183 g/mol. The van der Waals surface area contributed by atoms with Gasteiger partial charge in [-0.1, -0.05) is 33.1 Å². The second-order valence-electron chi connectivity index (χ2n) is 4.79. The molecule has 2 N–H and O–H groups in total. The van der Waals surface area contributed by atoms with Crippen LogP contribution in [0.3, 0.4) is 0 Å². The molecular formula is C11H21NO. The fourth-order valence-corrected chi connectivity index (χ4v) is 2.02. The number of hydrogen-bond donors (Lipinski definition) is 1. The van der Waals surface area contributed by atoms with Gasteiger partial charge >= 0.3 is 0 Å². The van der Waals surface area contributed by atoms with Crippen molar-refractivity contribution in [1.29, 1.82) is 0 Å². The maximum atomic E-state index is 12.0. The van der Waals surface area contributed by atoms with E-state index in [1.165, 1.54) is 19.3 Å². The van der Waals surface area contributed by atoms with E-state index in [2.05, 4.69) is 0 Å². The van der Waals surface area contributed by atoms with E-state index in [0.717, 1.165) is 12.8 Å². The highest BCUT2D eigenvalue weighted by atomic mass is 16.1. The summed E-state index contributed by atoms with van der Waals surface area (Å²) < 4.78 is 0. The zero-order chi connectivity index (χ0) is 9.90. The summed E-state index contributed by atoms with van der Waals surface area (Å²) in [6, 6.07) is 0. The second kappa shape index (κ2) is 4.23. The predicted molar refractivity (Wildman–Crippen MR) is 54.4 cm³/mol. The lowest BCUT2D eigenvalue weighted by Gasteiger charge is -2.29. The molecule has 0 spiro atoms. The molecule has 1 fully saturated rings. The molecule has 1 rings (SSSR count). The van der Waals surface area contributed by atoms with Crippen LogP contribution in [0.15, 0.2) is 0 Å². The van der Waals surface area contributed by atoms with Gasteiger partial charge in [-0.05, 0) is 12.8 Å². The van der Waals surface area contributed by atoms with Gasteiger partial charge in [0.25, 0.3) is 0 Å². The molecule has 0 aromatic rings. The normalized spacial score (nSPS) is 20.2. The Hall–Kier alpha value is -0.370. The largest absolute Gasteiger partial charge is 0.329 e. The number of nitrogens with two attached hydrogens (primary N) is 1. The number of rotatable bonds is 3. The Balaban J connectivity index is 2.55. The summed E-state index contributed by atoms with van der Waals surface area (Å²) in [6.45, 7) is 4.40. The molecule has 0 aliphatic heterocycles. The lowest BCUT2D eigenvalue weighted by atomic mass is 9.75. The first kappa shape index (κ1) is 10.7. The van der Waals surface area contributed by atoms with Crippen molar-refractivity contribution in [2.45, 2.75) is 46.0 Å². The van der Waals surface area contributed by atoms with Crippen molar-refractivity contribution in [3.05, 3.63) is 0 Å². The fourth-order valence-electron chi connectivity index (χ4n) is 2.02. The minimum absolute atomic E-state index is 0.298. The van der Waals surface area contributed by atoms with Crippen molar-refractivity contribution in [2.24, 2.45) is 17.1 Å². The third-order valence-corrected chi connectivity index (χ3v) is 3.15. The van der Waals surface area contributed by atoms with Gasteiger partial charge in [-0.25, -0.2) is 0 Å². The fraction of sp³-hybridized carbons (Fsp3) is 0.909. The summed E-state index contributed by atoms with van der Waals surface area (Å²) in [4.78, 5) is 12.0. The molecule has 2 nitrogen and oxygen atoms in total. The lowest BCUT2D eigenvalue weighted by Crippen LogP contribution is -2.37. The molecule has 2 heteroatoms. The Morgan fingerprint density at radius 3 is 2.31 bits per heavy atom. The minimum atomic E-state index is -0.304. The van der Waals surface area contributed by atoms with Crippen LogP contribution in [0.25, 0.3) is 0 Å². The molecule has 0 atom stereocenters. The standard InChI is InChI=1S/C11H21NO/c1-11(2,8-12)10(13)9-6-4-3-5-7-9/h9H,3-8,12H2,1-2H3. The number of ketones is 1. The van der Waals surface area contributed by atoms with E-state index in [-0.39, 0.29) is 5.41 Å². The van der Waals surface area contributed by atoms with Crippen LogP contribution in [-0.2, 0) is 4.79 Å². The summed E-state index contributed by atoms with van der Waals surface area (Å²) >= 11 is 0. The summed E-state index contributed by atoms with van der Waals surface area (Å²) in [6.07, 6.45) is 5.91. The van der Waals surface area contributed by atoms with Crippen molar-refractivity contribution in [2.75, 3.05) is 6.54 Å². The molecule has 1 aliphatic rings. The highest BCUT2D eigenvalue weighted by Crippen LogP contribution is 2.30. The Labute approximate surface area is 80.9 Å². The third kappa shape index (κ3) is 2.53. The minimum Gasteiger partial charge on any atom is -0.329 e. The molecule has 1 saturated carbocycles. The van der Waals surface area contributed by atoms with Crippen molar-refractivity contribution < 1.29 is 4.79 Å². The van der Waals surface area contributed by atoms with Crippen LogP contribution in [0.4, 0.5) is 0 Å². The average Bonchev–Trinajstić information content (AvgIpc) is 2.18. The van der Waals surface area contributed by atoms with Gasteiger partial charge in [-0.15, -0.1) is 0 Å². The summed E-state index contributed by atoms with van der Waals surface area (Å²) in [5.41, 5.74) is 5.29. The topological polar surface area (TPSA) is 43.1 Å². The molecule has 0 saturated heterocycles. The van der Waals surface area contributed by atoms with E-state index in [0.29, 0.717) is 18.2 Å². The number of hydrogen-bond acceptors (Lipinski definition) is 2. The Morgan fingerprint density at radius 2 is 1.85 bits per heavy atom. The van der Waals surface area contributed by atoms with Crippen molar-refractivity contribution in [3.8, 4) is 0 Å². The first-order valence-electron chi connectivity index (χ1n) is 5.32. The van der Waals surface area contributed by atoms with Gasteiger partial charge in [0.2, 0.25) is 0 Å². The van der Waals surface area contributed by atoms with E-state index in [1.54, 1.807) is 0 Å². The second-order valence-corrected chi connectivity index (χ2v) is 4.79. The Bertz CT molecular complexity index is 181. The van der Waals surface area contributed by atoms with Gasteiger partial charge in [0.1, 0.15) is 5.78 Å². The SMILES string of the molecule is CC(C)(CN)C(=O)C1CCCCC1. The highest BCUT2D eigenvalue weighted by Gasteiger charge is 2.32. The molecule has 1 aliphatic carbocycles. The predicted octanol–water partition coefficient (Wildman–Crippen LogP) is 2.12. The third-order valence-electron chi connectivity index (χ3n) is 3.15. The van der Waals surface area contributed by atoms with Crippen LogP contribution in [0.2, 0.25) is 0 Å². The molecule has 0 amide bonds. The van der Waals surface area contributed by atoms with Crippen LogP contribution in [-0.4, -0.2) is 12.3 Å². The van der Waals surface area contributed by atoms with Gasteiger partial charge < -0.3 is 5.73 Å². The first-order valence-corrected chi connectivity index (χ1v) is 5.32. The quantitative estimate of drug-likeness (QED) is 0.728. The summed E-state index contributed by atoms with van der Waals surface area (Å²) in [7, 11) is 0. The molecule has 0 bridgehead atoms. The lowest BCUT2D eigenvalue weighted by molar-refractivity contribution is -0.131. The van der Waals surface area contributed by atoms with Gasteiger partial charge in [-0.2, -0.15) is 0 Å². The summed E-state index contributed by atoms with van der Waals surface area (Å²) in [5, 5.41) is 0. The van der Waals surface area contributed by atoms with E-state index in [9.17, 15) is 4.79 Å². The zero-order valence-corrected chi connectivity index (χ0v) is 8.81. The van der Waals surface area contributed by atoms with Gasteiger partial charge in [0.05, 0.1) is 0 Å². The van der Waals surface area contributed by atoms with Gasteiger partial charge in [-0.3, -0.25) is 4.79 Å². The molecule has 0 aromatic carbocycles. The number of carbonyl (C=O) groups excluding carboxylic acids is 1. The zero-order valence-electron chi connectivity index (χ0n) is 8.81. The van der Waals surface area contributed by atoms with Gasteiger partial charge in [0, 0.05) is 17.9 Å². The maximum Gasteiger partial charge on any atom is 0.142 e. The van der Waals surface area contributed by atoms with Crippen LogP contribution in [0.1, 0.15) is 46.0 Å².